The van der Waals surface area contributed by atoms with Gasteiger partial charge in [0.05, 0.1) is 0 Å². The van der Waals surface area contributed by atoms with E-state index in [1.807, 2.05) is 42.7 Å². The first-order chi connectivity index (χ1) is 8.83. The standard InChI is InChI=1S/C16H13O2/c17-12-6-10-13-7-4-5-11-15(13)16(18)14-8-2-1-3-9-14/h1-5,7-9,11H,6,10H2. The van der Waals surface area contributed by atoms with Crippen molar-refractivity contribution >= 4 is 12.1 Å². The minimum Gasteiger partial charge on any atom is -0.291 e. The molecule has 0 bridgehead atoms. The summed E-state index contributed by atoms with van der Waals surface area (Å²) in [7, 11) is 0. The molecular formula is C16H13O2. The number of rotatable bonds is 5. The van der Waals surface area contributed by atoms with Crippen molar-refractivity contribution in [3.63, 3.8) is 0 Å². The summed E-state index contributed by atoms with van der Waals surface area (Å²) in [6.45, 7) is 0. The summed E-state index contributed by atoms with van der Waals surface area (Å²) in [6.07, 6.45) is 2.73. The molecule has 2 aromatic carbocycles. The smallest absolute Gasteiger partial charge is 0.198 e. The largest absolute Gasteiger partial charge is 0.291 e. The van der Waals surface area contributed by atoms with E-state index in [1.54, 1.807) is 18.2 Å². The first kappa shape index (κ1) is 12.2. The van der Waals surface area contributed by atoms with Gasteiger partial charge in [0, 0.05) is 17.5 Å². The minimum atomic E-state index is -0.00269. The fourth-order valence-corrected chi connectivity index (χ4v) is 1.89. The van der Waals surface area contributed by atoms with E-state index < -0.39 is 0 Å². The van der Waals surface area contributed by atoms with E-state index in [9.17, 15) is 9.59 Å². The van der Waals surface area contributed by atoms with E-state index in [2.05, 4.69) is 0 Å². The molecule has 0 aromatic heterocycles. The molecule has 18 heavy (non-hydrogen) atoms. The minimum absolute atomic E-state index is 0.00269. The SMILES string of the molecule is O=[C]CCc1ccccc1C(=O)c1ccccc1. The van der Waals surface area contributed by atoms with Gasteiger partial charge in [-0.2, -0.15) is 0 Å². The number of carbonyl (C=O) groups excluding carboxylic acids is 2. The van der Waals surface area contributed by atoms with Crippen LogP contribution in [0, 0.1) is 0 Å². The van der Waals surface area contributed by atoms with Crippen molar-refractivity contribution in [3.05, 3.63) is 71.3 Å². The van der Waals surface area contributed by atoms with Gasteiger partial charge in [-0.25, -0.2) is 0 Å². The third-order valence-electron chi connectivity index (χ3n) is 2.79. The Labute approximate surface area is 106 Å². The molecule has 0 atom stereocenters. The molecule has 0 aliphatic carbocycles. The second kappa shape index (κ2) is 5.92. The maximum atomic E-state index is 12.3. The Morgan fingerprint density at radius 3 is 2.33 bits per heavy atom. The molecule has 2 aromatic rings. The van der Waals surface area contributed by atoms with Gasteiger partial charge in [0.2, 0.25) is 0 Å². The van der Waals surface area contributed by atoms with Gasteiger partial charge in [-0.05, 0) is 12.0 Å². The normalized spacial score (nSPS) is 10.0. The van der Waals surface area contributed by atoms with Crippen LogP contribution in [-0.2, 0) is 11.2 Å². The van der Waals surface area contributed by atoms with E-state index in [1.165, 1.54) is 0 Å². The summed E-state index contributed by atoms with van der Waals surface area (Å²) < 4.78 is 0. The second-order valence-electron chi connectivity index (χ2n) is 4.00. The van der Waals surface area contributed by atoms with E-state index in [-0.39, 0.29) is 5.78 Å². The number of benzene rings is 2. The zero-order valence-electron chi connectivity index (χ0n) is 9.93. The fraction of sp³-hybridized carbons (Fsp3) is 0.125. The van der Waals surface area contributed by atoms with Crippen LogP contribution in [0.15, 0.2) is 54.6 Å². The van der Waals surface area contributed by atoms with Crippen molar-refractivity contribution in [3.8, 4) is 0 Å². The third-order valence-corrected chi connectivity index (χ3v) is 2.79. The van der Waals surface area contributed by atoms with Gasteiger partial charge >= 0.3 is 0 Å². The van der Waals surface area contributed by atoms with E-state index in [0.717, 1.165) is 5.56 Å². The Morgan fingerprint density at radius 1 is 0.944 bits per heavy atom. The highest BCUT2D eigenvalue weighted by atomic mass is 16.1. The van der Waals surface area contributed by atoms with Crippen LogP contribution in [0.2, 0.25) is 0 Å². The monoisotopic (exact) mass is 237 g/mol. The summed E-state index contributed by atoms with van der Waals surface area (Å²) in [5.74, 6) is -0.00269. The summed E-state index contributed by atoms with van der Waals surface area (Å²) in [6, 6.07) is 16.6. The zero-order valence-corrected chi connectivity index (χ0v) is 9.93. The van der Waals surface area contributed by atoms with Crippen LogP contribution >= 0.6 is 0 Å². The van der Waals surface area contributed by atoms with Crippen LogP contribution in [0.3, 0.4) is 0 Å². The average Bonchev–Trinajstić information content (AvgIpc) is 2.45. The first-order valence-corrected chi connectivity index (χ1v) is 5.85. The molecule has 89 valence electrons. The summed E-state index contributed by atoms with van der Waals surface area (Å²) in [5.41, 5.74) is 2.23. The fourth-order valence-electron chi connectivity index (χ4n) is 1.89. The molecule has 2 rings (SSSR count). The molecule has 0 N–H and O–H groups in total. The van der Waals surface area contributed by atoms with Gasteiger partial charge in [0.1, 0.15) is 0 Å². The first-order valence-electron chi connectivity index (χ1n) is 5.85. The molecule has 0 saturated carbocycles. The summed E-state index contributed by atoms with van der Waals surface area (Å²) in [4.78, 5) is 22.7. The van der Waals surface area contributed by atoms with Gasteiger partial charge in [-0.3, -0.25) is 9.59 Å². The molecule has 0 saturated heterocycles. The maximum Gasteiger partial charge on any atom is 0.198 e. The Kier molecular flexibility index (Phi) is 4.02. The highest BCUT2D eigenvalue weighted by Crippen LogP contribution is 2.15. The zero-order chi connectivity index (χ0) is 12.8. The molecule has 2 heteroatoms. The van der Waals surface area contributed by atoms with Gasteiger partial charge in [-0.1, -0.05) is 54.6 Å². The number of hydrogen-bond donors (Lipinski definition) is 0. The van der Waals surface area contributed by atoms with Crippen LogP contribution in [-0.4, -0.2) is 12.1 Å². The van der Waals surface area contributed by atoms with Crippen molar-refractivity contribution in [2.75, 3.05) is 0 Å². The lowest BCUT2D eigenvalue weighted by Gasteiger charge is -2.07. The van der Waals surface area contributed by atoms with E-state index in [0.29, 0.717) is 24.0 Å². The topological polar surface area (TPSA) is 34.1 Å². The molecule has 2 nitrogen and oxygen atoms in total. The van der Waals surface area contributed by atoms with Crippen molar-refractivity contribution < 1.29 is 9.59 Å². The highest BCUT2D eigenvalue weighted by molar-refractivity contribution is 6.09. The van der Waals surface area contributed by atoms with Crippen molar-refractivity contribution in [2.24, 2.45) is 0 Å². The molecule has 0 amide bonds. The van der Waals surface area contributed by atoms with Crippen LogP contribution in [0.25, 0.3) is 0 Å². The number of aryl methyl sites for hydroxylation is 1. The van der Waals surface area contributed by atoms with Crippen LogP contribution < -0.4 is 0 Å². The van der Waals surface area contributed by atoms with Crippen LogP contribution in [0.1, 0.15) is 27.9 Å². The summed E-state index contributed by atoms with van der Waals surface area (Å²) in [5, 5.41) is 0. The number of ketones is 1. The molecule has 0 aliphatic heterocycles. The van der Waals surface area contributed by atoms with Crippen molar-refractivity contribution in [1.82, 2.24) is 0 Å². The predicted octanol–water partition coefficient (Wildman–Crippen LogP) is 2.96. The van der Waals surface area contributed by atoms with E-state index >= 15 is 0 Å². The molecule has 0 fully saturated rings. The maximum absolute atomic E-state index is 12.3. The third kappa shape index (κ3) is 2.72. The molecular weight excluding hydrogens is 224 g/mol. The van der Waals surface area contributed by atoms with Crippen molar-refractivity contribution in [1.29, 1.82) is 0 Å². The second-order valence-corrected chi connectivity index (χ2v) is 4.00. The van der Waals surface area contributed by atoms with Gasteiger partial charge < -0.3 is 0 Å². The molecule has 1 radical (unpaired) electrons. The Morgan fingerprint density at radius 2 is 1.61 bits per heavy atom. The van der Waals surface area contributed by atoms with Gasteiger partial charge in [0.15, 0.2) is 12.1 Å². The highest BCUT2D eigenvalue weighted by Gasteiger charge is 2.12. The Hall–Kier alpha value is -2.22. The average molecular weight is 237 g/mol. The van der Waals surface area contributed by atoms with Crippen LogP contribution in [0.5, 0.6) is 0 Å². The number of hydrogen-bond acceptors (Lipinski definition) is 2. The number of carbonyl (C=O) groups is 1. The molecule has 0 heterocycles. The van der Waals surface area contributed by atoms with Crippen LogP contribution in [0.4, 0.5) is 0 Å². The van der Waals surface area contributed by atoms with Gasteiger partial charge in [-0.15, -0.1) is 0 Å². The lowest BCUT2D eigenvalue weighted by molar-refractivity contribution is 0.103. The Balaban J connectivity index is 2.33. The quantitative estimate of drug-likeness (QED) is 0.749. The molecule has 0 aliphatic rings. The van der Waals surface area contributed by atoms with Gasteiger partial charge in [0.25, 0.3) is 0 Å². The molecule has 0 spiro atoms. The van der Waals surface area contributed by atoms with Crippen molar-refractivity contribution in [2.45, 2.75) is 12.8 Å². The van der Waals surface area contributed by atoms with E-state index in [4.69, 9.17) is 0 Å². The summed E-state index contributed by atoms with van der Waals surface area (Å²) >= 11 is 0. The Bertz CT molecular complexity index is 544. The lowest BCUT2D eigenvalue weighted by Crippen LogP contribution is -2.05. The molecule has 0 unspecified atom stereocenters. The predicted molar refractivity (Wildman–Crippen MR) is 70.3 cm³/mol. The lowest BCUT2D eigenvalue weighted by atomic mass is 9.96.